The molecular weight excluding hydrogens is 242 g/mol. The molecule has 102 valence electrons. The van der Waals surface area contributed by atoms with Crippen LogP contribution < -0.4 is 11.5 Å². The van der Waals surface area contributed by atoms with Crippen molar-refractivity contribution in [2.45, 2.75) is 43.9 Å². The summed E-state index contributed by atoms with van der Waals surface area (Å²) in [6, 6.07) is 0. The van der Waals surface area contributed by atoms with Crippen LogP contribution in [-0.2, 0) is 5.41 Å². The molecule has 0 spiro atoms. The second-order valence-corrected chi connectivity index (χ2v) is 6.84. The molecule has 0 radical (unpaired) electrons. The van der Waals surface area contributed by atoms with E-state index in [0.717, 1.165) is 42.7 Å². The average molecular weight is 261 g/mol. The van der Waals surface area contributed by atoms with Gasteiger partial charge in [0.15, 0.2) is 0 Å². The maximum absolute atomic E-state index is 11.3. The van der Waals surface area contributed by atoms with Crippen LogP contribution in [0.5, 0.6) is 0 Å². The van der Waals surface area contributed by atoms with Crippen molar-refractivity contribution in [1.82, 2.24) is 5.16 Å². The standard InChI is InChI=1S/C14H19N3O2/c15-10-11(13(16)18)19-17-12(10)14-4-7-1-8(5-14)3-9(2-7)6-14/h7-9H,1-6,15H2,(H2,16,18). The van der Waals surface area contributed by atoms with E-state index in [4.69, 9.17) is 16.0 Å². The summed E-state index contributed by atoms with van der Waals surface area (Å²) in [5, 5.41) is 4.13. The summed E-state index contributed by atoms with van der Waals surface area (Å²) < 4.78 is 5.10. The number of nitrogens with two attached hydrogens (primary N) is 2. The highest BCUT2D eigenvalue weighted by molar-refractivity contribution is 5.95. The predicted octanol–water partition coefficient (Wildman–Crippen LogP) is 1.82. The Morgan fingerprint density at radius 1 is 1.16 bits per heavy atom. The van der Waals surface area contributed by atoms with Crippen LogP contribution in [0.15, 0.2) is 4.52 Å². The number of nitrogen functional groups attached to an aromatic ring is 1. The lowest BCUT2D eigenvalue weighted by molar-refractivity contribution is -0.00816. The molecule has 0 atom stereocenters. The first-order chi connectivity index (χ1) is 9.07. The van der Waals surface area contributed by atoms with Gasteiger partial charge in [-0.1, -0.05) is 5.16 Å². The second-order valence-electron chi connectivity index (χ2n) is 6.84. The van der Waals surface area contributed by atoms with Gasteiger partial charge < -0.3 is 16.0 Å². The van der Waals surface area contributed by atoms with Gasteiger partial charge in [-0.25, -0.2) is 0 Å². The Balaban J connectivity index is 1.77. The number of amides is 1. The topological polar surface area (TPSA) is 95.1 Å². The van der Waals surface area contributed by atoms with Crippen molar-refractivity contribution >= 4 is 11.6 Å². The molecule has 4 fully saturated rings. The number of anilines is 1. The minimum Gasteiger partial charge on any atom is -0.394 e. The third-order valence-corrected chi connectivity index (χ3v) is 5.49. The number of primary amides is 1. The summed E-state index contributed by atoms with van der Waals surface area (Å²) in [6.45, 7) is 0. The van der Waals surface area contributed by atoms with E-state index in [2.05, 4.69) is 5.16 Å². The fourth-order valence-corrected chi connectivity index (χ4v) is 5.26. The second kappa shape index (κ2) is 3.52. The molecule has 4 aliphatic carbocycles. The largest absolute Gasteiger partial charge is 0.394 e. The van der Waals surface area contributed by atoms with Crippen molar-refractivity contribution in [2.75, 3.05) is 5.73 Å². The quantitative estimate of drug-likeness (QED) is 0.848. The molecule has 4 saturated carbocycles. The van der Waals surface area contributed by atoms with Crippen LogP contribution in [0.1, 0.15) is 54.8 Å². The fraction of sp³-hybridized carbons (Fsp3) is 0.714. The average Bonchev–Trinajstić information content (AvgIpc) is 2.69. The SMILES string of the molecule is NC(=O)c1onc(C23CC4CC(CC(C4)C2)C3)c1N. The molecule has 0 unspecified atom stereocenters. The molecular formula is C14H19N3O2. The van der Waals surface area contributed by atoms with E-state index in [0.29, 0.717) is 5.69 Å². The molecule has 0 aliphatic heterocycles. The first-order valence-corrected chi connectivity index (χ1v) is 7.13. The third kappa shape index (κ3) is 1.47. The zero-order chi connectivity index (χ0) is 13.2. The van der Waals surface area contributed by atoms with Gasteiger partial charge in [0.05, 0.1) is 0 Å². The summed E-state index contributed by atoms with van der Waals surface area (Å²) in [5.41, 5.74) is 12.6. The van der Waals surface area contributed by atoms with Crippen LogP contribution >= 0.6 is 0 Å². The van der Waals surface area contributed by atoms with E-state index in [1.54, 1.807) is 0 Å². The third-order valence-electron chi connectivity index (χ3n) is 5.49. The zero-order valence-electron chi connectivity index (χ0n) is 10.9. The number of hydrogen-bond acceptors (Lipinski definition) is 4. The Hall–Kier alpha value is -1.52. The van der Waals surface area contributed by atoms with Crippen molar-refractivity contribution in [1.29, 1.82) is 0 Å². The number of nitrogens with zero attached hydrogens (tertiary/aromatic N) is 1. The maximum Gasteiger partial charge on any atom is 0.289 e. The molecule has 1 aromatic heterocycles. The number of aromatic nitrogens is 1. The minimum absolute atomic E-state index is 0.0331. The molecule has 4 N–H and O–H groups in total. The van der Waals surface area contributed by atoms with Gasteiger partial charge in [0.1, 0.15) is 11.4 Å². The lowest BCUT2D eigenvalue weighted by Crippen LogP contribution is -2.49. The maximum atomic E-state index is 11.3. The molecule has 4 aliphatic rings. The van der Waals surface area contributed by atoms with Crippen LogP contribution in [0.3, 0.4) is 0 Å². The summed E-state index contributed by atoms with van der Waals surface area (Å²) in [4.78, 5) is 11.3. The summed E-state index contributed by atoms with van der Waals surface area (Å²) in [5.74, 6) is 1.82. The highest BCUT2D eigenvalue weighted by Crippen LogP contribution is 2.61. The van der Waals surface area contributed by atoms with E-state index in [1.165, 1.54) is 19.3 Å². The van der Waals surface area contributed by atoms with Crippen molar-refractivity contribution in [3.8, 4) is 0 Å². The Kier molecular flexibility index (Phi) is 2.10. The molecule has 4 bridgehead atoms. The van der Waals surface area contributed by atoms with Gasteiger partial charge in [0, 0.05) is 5.41 Å². The van der Waals surface area contributed by atoms with Crippen LogP contribution in [0, 0.1) is 17.8 Å². The minimum atomic E-state index is -0.624. The Morgan fingerprint density at radius 2 is 1.68 bits per heavy atom. The highest BCUT2D eigenvalue weighted by Gasteiger charge is 2.54. The van der Waals surface area contributed by atoms with E-state index >= 15 is 0 Å². The van der Waals surface area contributed by atoms with Crippen LogP contribution in [0.25, 0.3) is 0 Å². The number of rotatable bonds is 2. The van der Waals surface area contributed by atoms with Crippen molar-refractivity contribution in [3.05, 3.63) is 11.5 Å². The van der Waals surface area contributed by atoms with E-state index in [9.17, 15) is 4.79 Å². The Morgan fingerprint density at radius 3 is 2.11 bits per heavy atom. The summed E-state index contributed by atoms with van der Waals surface area (Å²) in [7, 11) is 0. The van der Waals surface area contributed by atoms with Gasteiger partial charge in [-0.3, -0.25) is 4.79 Å². The van der Waals surface area contributed by atoms with Crippen molar-refractivity contribution < 1.29 is 9.32 Å². The first-order valence-electron chi connectivity index (χ1n) is 7.13. The fourth-order valence-electron chi connectivity index (χ4n) is 5.26. The van der Waals surface area contributed by atoms with Gasteiger partial charge in [-0.2, -0.15) is 0 Å². The van der Waals surface area contributed by atoms with Gasteiger partial charge >= 0.3 is 0 Å². The van der Waals surface area contributed by atoms with E-state index < -0.39 is 5.91 Å². The smallest absolute Gasteiger partial charge is 0.289 e. The molecule has 19 heavy (non-hydrogen) atoms. The molecule has 5 heteroatoms. The normalized spacial score (nSPS) is 39.7. The van der Waals surface area contributed by atoms with Crippen LogP contribution in [0.4, 0.5) is 5.69 Å². The van der Waals surface area contributed by atoms with Crippen molar-refractivity contribution in [2.24, 2.45) is 23.5 Å². The monoisotopic (exact) mass is 261 g/mol. The van der Waals surface area contributed by atoms with Crippen LogP contribution in [-0.4, -0.2) is 11.1 Å². The molecule has 1 amide bonds. The van der Waals surface area contributed by atoms with E-state index in [1.807, 2.05) is 0 Å². The first kappa shape index (κ1) is 11.3. The molecule has 5 rings (SSSR count). The van der Waals surface area contributed by atoms with Gasteiger partial charge in [-0.15, -0.1) is 0 Å². The number of carbonyl (C=O) groups is 1. The summed E-state index contributed by atoms with van der Waals surface area (Å²) >= 11 is 0. The highest BCUT2D eigenvalue weighted by atomic mass is 16.5. The number of hydrogen-bond donors (Lipinski definition) is 2. The molecule has 1 aromatic rings. The molecule has 5 nitrogen and oxygen atoms in total. The van der Waals surface area contributed by atoms with Gasteiger partial charge in [0.2, 0.25) is 5.76 Å². The zero-order valence-corrected chi connectivity index (χ0v) is 10.9. The van der Waals surface area contributed by atoms with Gasteiger partial charge in [0.25, 0.3) is 5.91 Å². The predicted molar refractivity (Wildman–Crippen MR) is 69.3 cm³/mol. The Labute approximate surface area is 111 Å². The molecule has 0 aromatic carbocycles. The molecule has 0 saturated heterocycles. The molecule has 1 heterocycles. The Bertz CT molecular complexity index is 514. The lowest BCUT2D eigenvalue weighted by atomic mass is 9.48. The van der Waals surface area contributed by atoms with E-state index in [-0.39, 0.29) is 11.2 Å². The lowest BCUT2D eigenvalue weighted by Gasteiger charge is -2.56. The van der Waals surface area contributed by atoms with Crippen LogP contribution in [0.2, 0.25) is 0 Å². The summed E-state index contributed by atoms with van der Waals surface area (Å²) in [6.07, 6.45) is 7.52. The van der Waals surface area contributed by atoms with Gasteiger partial charge in [-0.05, 0) is 56.3 Å². The number of carbonyl (C=O) groups excluding carboxylic acids is 1. The van der Waals surface area contributed by atoms with Crippen molar-refractivity contribution in [3.63, 3.8) is 0 Å².